The average molecular weight is 485 g/mol. The molecule has 0 bridgehead atoms. The molecule has 2 heterocycles. The van der Waals surface area contributed by atoms with E-state index in [1.807, 2.05) is 54.6 Å². The number of nitrogens with zero attached hydrogens (tertiary/aromatic N) is 2. The van der Waals surface area contributed by atoms with Crippen molar-refractivity contribution >= 4 is 40.2 Å². The number of carbonyl (C=O) groups is 4. The summed E-state index contributed by atoms with van der Waals surface area (Å²) < 4.78 is 0. The lowest BCUT2D eigenvalue weighted by molar-refractivity contribution is -0.122. The normalized spacial score (nSPS) is 15.8. The van der Waals surface area contributed by atoms with Gasteiger partial charge in [-0.3, -0.25) is 19.3 Å². The third kappa shape index (κ3) is 4.79. The Bertz CT molecular complexity index is 1260. The van der Waals surface area contributed by atoms with E-state index in [1.165, 1.54) is 4.90 Å². The first-order chi connectivity index (χ1) is 17.5. The van der Waals surface area contributed by atoms with E-state index in [-0.39, 0.29) is 42.8 Å². The Morgan fingerprint density at radius 2 is 1.47 bits per heavy atom. The van der Waals surface area contributed by atoms with Crippen LogP contribution in [0.5, 0.6) is 0 Å². The largest absolute Gasteiger partial charge is 0.353 e. The molecule has 8 heteroatoms. The zero-order valence-electron chi connectivity index (χ0n) is 19.9. The van der Waals surface area contributed by atoms with Crippen LogP contribution >= 0.6 is 0 Å². The molecule has 3 aromatic carbocycles. The number of carbonyl (C=O) groups excluding carboxylic acids is 4. The number of hydrogen-bond acceptors (Lipinski definition) is 4. The van der Waals surface area contributed by atoms with Crippen LogP contribution in [0.1, 0.15) is 46.4 Å². The highest BCUT2D eigenvalue weighted by molar-refractivity contribution is 6.25. The van der Waals surface area contributed by atoms with Gasteiger partial charge in [-0.05, 0) is 48.9 Å². The summed E-state index contributed by atoms with van der Waals surface area (Å²) in [5.74, 6) is -0.738. The highest BCUT2D eigenvalue weighted by Crippen LogP contribution is 2.30. The summed E-state index contributed by atoms with van der Waals surface area (Å²) in [6.07, 6.45) is 1.97. The van der Waals surface area contributed by atoms with Crippen LogP contribution in [0.15, 0.2) is 66.7 Å². The smallest absolute Gasteiger partial charge is 0.321 e. The molecule has 5 rings (SSSR count). The lowest BCUT2D eigenvalue weighted by atomic mass is 9.94. The van der Waals surface area contributed by atoms with Gasteiger partial charge >= 0.3 is 6.03 Å². The Hall–Kier alpha value is -4.20. The molecule has 184 valence electrons. The molecule has 0 atom stereocenters. The molecule has 3 aromatic rings. The molecule has 2 N–H and O–H groups in total. The second kappa shape index (κ2) is 10.2. The van der Waals surface area contributed by atoms with Crippen molar-refractivity contribution in [1.29, 1.82) is 0 Å². The van der Waals surface area contributed by atoms with E-state index in [1.54, 1.807) is 17.0 Å². The van der Waals surface area contributed by atoms with Gasteiger partial charge in [0.1, 0.15) is 0 Å². The number of nitrogens with one attached hydrogen (secondary N) is 2. The van der Waals surface area contributed by atoms with E-state index in [4.69, 9.17) is 0 Å². The van der Waals surface area contributed by atoms with Crippen LogP contribution in [-0.4, -0.2) is 59.2 Å². The molecule has 2 aliphatic rings. The Kier molecular flexibility index (Phi) is 6.66. The fourth-order valence-corrected chi connectivity index (χ4v) is 4.93. The molecule has 0 spiro atoms. The molecule has 1 fully saturated rings. The van der Waals surface area contributed by atoms with Gasteiger partial charge in [-0.25, -0.2) is 4.79 Å². The first-order valence-corrected chi connectivity index (χ1v) is 12.3. The Labute approximate surface area is 209 Å². The van der Waals surface area contributed by atoms with Crippen LogP contribution in [0.3, 0.4) is 0 Å². The minimum absolute atomic E-state index is 0.000931. The molecule has 5 amide bonds. The van der Waals surface area contributed by atoms with Crippen molar-refractivity contribution < 1.29 is 19.2 Å². The standard InChI is InChI=1S/C28H28N4O4/c33-24(29-21-14-17-31(18-15-21)28(36)30-20-9-2-1-3-10-20)13-6-16-32-26(34)22-11-4-7-19-8-5-12-23(25(19)22)27(32)35/h1-5,7-12,21H,6,13-18H2,(H,29,33)(H,30,36). The molecule has 2 aliphatic heterocycles. The fraction of sp³-hybridized carbons (Fsp3) is 0.286. The number of rotatable bonds is 6. The minimum atomic E-state index is -0.314. The van der Waals surface area contributed by atoms with Gasteiger partial charge in [0.2, 0.25) is 5.91 Å². The number of urea groups is 1. The van der Waals surface area contributed by atoms with E-state index in [0.29, 0.717) is 48.9 Å². The Morgan fingerprint density at radius 1 is 0.833 bits per heavy atom. The summed E-state index contributed by atoms with van der Waals surface area (Å²) in [4.78, 5) is 53.9. The number of piperidine rings is 1. The second-order valence-corrected chi connectivity index (χ2v) is 9.20. The van der Waals surface area contributed by atoms with Crippen LogP contribution in [-0.2, 0) is 4.79 Å². The van der Waals surface area contributed by atoms with Crippen molar-refractivity contribution in [2.45, 2.75) is 31.7 Å². The Balaban J connectivity index is 1.08. The summed E-state index contributed by atoms with van der Waals surface area (Å²) >= 11 is 0. The second-order valence-electron chi connectivity index (χ2n) is 9.20. The van der Waals surface area contributed by atoms with E-state index in [9.17, 15) is 19.2 Å². The Morgan fingerprint density at radius 3 is 2.11 bits per heavy atom. The maximum absolute atomic E-state index is 13.0. The van der Waals surface area contributed by atoms with E-state index in [0.717, 1.165) is 11.1 Å². The number of para-hydroxylation sites is 1. The third-order valence-corrected chi connectivity index (χ3v) is 6.81. The van der Waals surface area contributed by atoms with Crippen molar-refractivity contribution in [3.05, 3.63) is 77.9 Å². The highest BCUT2D eigenvalue weighted by Gasteiger charge is 2.32. The van der Waals surface area contributed by atoms with Crippen LogP contribution in [0.25, 0.3) is 10.8 Å². The maximum Gasteiger partial charge on any atom is 0.321 e. The zero-order valence-corrected chi connectivity index (χ0v) is 19.9. The van der Waals surface area contributed by atoms with Crippen molar-refractivity contribution in [2.75, 3.05) is 25.0 Å². The molecule has 0 saturated carbocycles. The van der Waals surface area contributed by atoms with Crippen LogP contribution in [0.2, 0.25) is 0 Å². The highest BCUT2D eigenvalue weighted by atomic mass is 16.2. The predicted molar refractivity (Wildman–Crippen MR) is 137 cm³/mol. The van der Waals surface area contributed by atoms with Gasteiger partial charge in [0.25, 0.3) is 11.8 Å². The third-order valence-electron chi connectivity index (χ3n) is 6.81. The number of imide groups is 1. The monoisotopic (exact) mass is 484 g/mol. The van der Waals surface area contributed by atoms with Crippen LogP contribution in [0.4, 0.5) is 10.5 Å². The number of anilines is 1. The quantitative estimate of drug-likeness (QED) is 0.516. The van der Waals surface area contributed by atoms with Gasteiger partial charge in [-0.2, -0.15) is 0 Å². The molecule has 36 heavy (non-hydrogen) atoms. The van der Waals surface area contributed by atoms with Gasteiger partial charge in [0, 0.05) is 54.3 Å². The van der Waals surface area contributed by atoms with Gasteiger partial charge in [-0.15, -0.1) is 0 Å². The first kappa shape index (κ1) is 23.5. The lowest BCUT2D eigenvalue weighted by Gasteiger charge is -2.32. The van der Waals surface area contributed by atoms with Crippen molar-refractivity contribution in [2.24, 2.45) is 0 Å². The summed E-state index contributed by atoms with van der Waals surface area (Å²) in [6, 6.07) is 20.1. The summed E-state index contributed by atoms with van der Waals surface area (Å²) in [5.41, 5.74) is 1.80. The zero-order chi connectivity index (χ0) is 25.1. The van der Waals surface area contributed by atoms with Crippen molar-refractivity contribution in [3.8, 4) is 0 Å². The molecule has 0 radical (unpaired) electrons. The molecule has 0 aromatic heterocycles. The van der Waals surface area contributed by atoms with Gasteiger partial charge in [-0.1, -0.05) is 42.5 Å². The van der Waals surface area contributed by atoms with Crippen molar-refractivity contribution in [1.82, 2.24) is 15.1 Å². The van der Waals surface area contributed by atoms with Crippen molar-refractivity contribution in [3.63, 3.8) is 0 Å². The molecule has 8 nitrogen and oxygen atoms in total. The number of likely N-dealkylation sites (tertiary alicyclic amines) is 1. The average Bonchev–Trinajstić information content (AvgIpc) is 2.90. The molecular weight excluding hydrogens is 456 g/mol. The maximum atomic E-state index is 13.0. The van der Waals surface area contributed by atoms with E-state index in [2.05, 4.69) is 10.6 Å². The van der Waals surface area contributed by atoms with E-state index >= 15 is 0 Å². The topological polar surface area (TPSA) is 98.8 Å². The molecular formula is C28H28N4O4. The summed E-state index contributed by atoms with van der Waals surface area (Å²) in [6.45, 7) is 1.31. The minimum Gasteiger partial charge on any atom is -0.353 e. The lowest BCUT2D eigenvalue weighted by Crippen LogP contribution is -2.47. The predicted octanol–water partition coefficient (Wildman–Crippen LogP) is 4.03. The number of hydrogen-bond donors (Lipinski definition) is 2. The fourth-order valence-electron chi connectivity index (χ4n) is 4.93. The number of benzene rings is 3. The molecule has 0 aliphatic carbocycles. The molecule has 0 unspecified atom stereocenters. The van der Waals surface area contributed by atoms with Crippen LogP contribution < -0.4 is 10.6 Å². The first-order valence-electron chi connectivity index (χ1n) is 12.3. The summed E-state index contributed by atoms with van der Waals surface area (Å²) in [5, 5.41) is 7.49. The van der Waals surface area contributed by atoms with Gasteiger partial charge in [0.05, 0.1) is 0 Å². The SMILES string of the molecule is O=C(CCCN1C(=O)c2cccc3cccc(c23)C1=O)NC1CCN(C(=O)Nc2ccccc2)CC1. The number of amides is 5. The molecule has 1 saturated heterocycles. The van der Waals surface area contributed by atoms with E-state index < -0.39 is 0 Å². The van der Waals surface area contributed by atoms with Gasteiger partial charge < -0.3 is 15.5 Å². The van der Waals surface area contributed by atoms with Crippen LogP contribution in [0, 0.1) is 0 Å². The summed E-state index contributed by atoms with van der Waals surface area (Å²) in [7, 11) is 0. The van der Waals surface area contributed by atoms with Gasteiger partial charge in [0.15, 0.2) is 0 Å².